The first-order chi connectivity index (χ1) is 5.15. The molecule has 1 rings (SSSR count). The Balaban J connectivity index is 3.24. The molecule has 0 fully saturated rings. The third-order valence-corrected chi connectivity index (χ3v) is 2.31. The van der Waals surface area contributed by atoms with Crippen molar-refractivity contribution in [2.24, 2.45) is 0 Å². The zero-order valence-electron chi connectivity index (χ0n) is 5.84. The van der Waals surface area contributed by atoms with Crippen LogP contribution in [0, 0.1) is 3.57 Å². The normalized spacial score (nSPS) is 9.73. The van der Waals surface area contributed by atoms with E-state index in [-0.39, 0.29) is 5.75 Å². The molecule has 0 unspecified atom stereocenters. The highest BCUT2D eigenvalue weighted by molar-refractivity contribution is 14.1. The minimum absolute atomic E-state index is 0.172. The largest absolute Gasteiger partial charge is 0.504 e. The van der Waals surface area contributed by atoms with E-state index in [4.69, 9.17) is 4.74 Å². The van der Waals surface area contributed by atoms with Crippen LogP contribution in [0.25, 0.3) is 0 Å². The van der Waals surface area contributed by atoms with Gasteiger partial charge < -0.3 is 9.84 Å². The van der Waals surface area contributed by atoms with Gasteiger partial charge in [0, 0.05) is 4.90 Å². The molecular formula is C7H7IO2S. The van der Waals surface area contributed by atoms with Crippen molar-refractivity contribution in [3.05, 3.63) is 15.7 Å². The van der Waals surface area contributed by atoms with E-state index in [1.807, 2.05) is 22.6 Å². The summed E-state index contributed by atoms with van der Waals surface area (Å²) < 4.78 is 5.65. The predicted molar refractivity (Wildman–Crippen MR) is 54.6 cm³/mol. The number of phenolic OH excluding ortho intramolecular Hbond substituents is 1. The third-order valence-electron chi connectivity index (χ3n) is 1.23. The number of hydrogen-bond donors (Lipinski definition) is 2. The SMILES string of the molecule is COc1cc(S)cc(I)c1O. The molecule has 2 nitrogen and oxygen atoms in total. The first kappa shape index (κ1) is 8.99. The van der Waals surface area contributed by atoms with Crippen molar-refractivity contribution in [3.8, 4) is 11.5 Å². The quantitative estimate of drug-likeness (QED) is 0.611. The van der Waals surface area contributed by atoms with Crippen molar-refractivity contribution in [2.45, 2.75) is 4.90 Å². The number of aromatic hydroxyl groups is 1. The molecule has 0 bridgehead atoms. The summed E-state index contributed by atoms with van der Waals surface area (Å²) in [5.41, 5.74) is 0. The molecule has 1 N–H and O–H groups in total. The van der Waals surface area contributed by atoms with E-state index in [0.29, 0.717) is 5.75 Å². The molecular weight excluding hydrogens is 275 g/mol. The van der Waals surface area contributed by atoms with Crippen molar-refractivity contribution in [3.63, 3.8) is 0 Å². The number of rotatable bonds is 1. The molecule has 60 valence electrons. The Labute approximate surface area is 84.1 Å². The number of thiol groups is 1. The second-order valence-corrected chi connectivity index (χ2v) is 3.66. The fraction of sp³-hybridized carbons (Fsp3) is 0.143. The van der Waals surface area contributed by atoms with Crippen molar-refractivity contribution in [1.29, 1.82) is 0 Å². The molecule has 11 heavy (non-hydrogen) atoms. The standard InChI is InChI=1S/C7H7IO2S/c1-10-6-3-4(11)2-5(8)7(6)9/h2-3,9,11H,1H3. The minimum Gasteiger partial charge on any atom is -0.504 e. The number of ether oxygens (including phenoxy) is 1. The topological polar surface area (TPSA) is 29.5 Å². The molecule has 0 aliphatic heterocycles. The van der Waals surface area contributed by atoms with Crippen molar-refractivity contribution in [2.75, 3.05) is 7.11 Å². The van der Waals surface area contributed by atoms with E-state index in [9.17, 15) is 5.11 Å². The van der Waals surface area contributed by atoms with Crippen LogP contribution in [-0.4, -0.2) is 12.2 Å². The first-order valence-electron chi connectivity index (χ1n) is 2.90. The van der Waals surface area contributed by atoms with E-state index in [0.717, 1.165) is 8.47 Å². The Morgan fingerprint density at radius 3 is 2.73 bits per heavy atom. The maximum Gasteiger partial charge on any atom is 0.171 e. The van der Waals surface area contributed by atoms with Gasteiger partial charge in [0.25, 0.3) is 0 Å². The Hall–Kier alpha value is -0.100. The lowest BCUT2D eigenvalue weighted by Gasteiger charge is -2.05. The maximum atomic E-state index is 9.36. The lowest BCUT2D eigenvalue weighted by atomic mass is 10.3. The van der Waals surface area contributed by atoms with Gasteiger partial charge in [-0.1, -0.05) is 0 Å². The minimum atomic E-state index is 0.172. The highest BCUT2D eigenvalue weighted by atomic mass is 127. The predicted octanol–water partition coefficient (Wildman–Crippen LogP) is 2.29. The second-order valence-electron chi connectivity index (χ2n) is 1.98. The molecule has 1 aromatic carbocycles. The monoisotopic (exact) mass is 282 g/mol. The van der Waals surface area contributed by atoms with Crippen LogP contribution >= 0.6 is 35.2 Å². The average molecular weight is 282 g/mol. The van der Waals surface area contributed by atoms with E-state index < -0.39 is 0 Å². The Morgan fingerprint density at radius 1 is 1.55 bits per heavy atom. The van der Waals surface area contributed by atoms with Crippen LogP contribution in [0.2, 0.25) is 0 Å². The van der Waals surface area contributed by atoms with Crippen molar-refractivity contribution in [1.82, 2.24) is 0 Å². The molecule has 0 aromatic heterocycles. The molecule has 0 spiro atoms. The second kappa shape index (κ2) is 3.53. The molecule has 0 heterocycles. The molecule has 0 atom stereocenters. The molecule has 4 heteroatoms. The van der Waals surface area contributed by atoms with Crippen LogP contribution in [0.4, 0.5) is 0 Å². The van der Waals surface area contributed by atoms with E-state index in [1.54, 1.807) is 12.1 Å². The van der Waals surface area contributed by atoms with Gasteiger partial charge in [-0.05, 0) is 34.7 Å². The number of methoxy groups -OCH3 is 1. The van der Waals surface area contributed by atoms with Gasteiger partial charge >= 0.3 is 0 Å². The number of benzene rings is 1. The summed E-state index contributed by atoms with van der Waals surface area (Å²) >= 11 is 6.15. The zero-order chi connectivity index (χ0) is 8.43. The van der Waals surface area contributed by atoms with Crippen LogP contribution in [0.1, 0.15) is 0 Å². The molecule has 0 saturated carbocycles. The van der Waals surface area contributed by atoms with E-state index >= 15 is 0 Å². The van der Waals surface area contributed by atoms with Gasteiger partial charge in [-0.25, -0.2) is 0 Å². The summed E-state index contributed by atoms with van der Waals surface area (Å²) in [5.74, 6) is 0.632. The van der Waals surface area contributed by atoms with Crippen molar-refractivity contribution < 1.29 is 9.84 Å². The van der Waals surface area contributed by atoms with Crippen LogP contribution < -0.4 is 4.74 Å². The first-order valence-corrected chi connectivity index (χ1v) is 4.43. The van der Waals surface area contributed by atoms with Gasteiger partial charge in [-0.2, -0.15) is 0 Å². The lowest BCUT2D eigenvalue weighted by Crippen LogP contribution is -1.85. The van der Waals surface area contributed by atoms with Crippen LogP contribution in [-0.2, 0) is 0 Å². The molecule has 1 aromatic rings. The van der Waals surface area contributed by atoms with Gasteiger partial charge in [0.05, 0.1) is 10.7 Å². The van der Waals surface area contributed by atoms with Crippen LogP contribution in [0.15, 0.2) is 17.0 Å². The van der Waals surface area contributed by atoms with Gasteiger partial charge in [-0.3, -0.25) is 0 Å². The summed E-state index contributed by atoms with van der Waals surface area (Å²) in [7, 11) is 1.51. The van der Waals surface area contributed by atoms with Gasteiger partial charge in [0.1, 0.15) is 0 Å². The van der Waals surface area contributed by atoms with E-state index in [2.05, 4.69) is 12.6 Å². The summed E-state index contributed by atoms with van der Waals surface area (Å²) in [5, 5.41) is 9.36. The fourth-order valence-corrected chi connectivity index (χ4v) is 1.81. The van der Waals surface area contributed by atoms with Gasteiger partial charge in [0.15, 0.2) is 11.5 Å². The zero-order valence-corrected chi connectivity index (χ0v) is 8.89. The highest BCUT2D eigenvalue weighted by Gasteiger charge is 2.05. The molecule has 0 amide bonds. The van der Waals surface area contributed by atoms with E-state index in [1.165, 1.54) is 7.11 Å². The highest BCUT2D eigenvalue weighted by Crippen LogP contribution is 2.33. The third kappa shape index (κ3) is 1.93. The molecule has 0 aliphatic rings. The van der Waals surface area contributed by atoms with Crippen LogP contribution in [0.5, 0.6) is 11.5 Å². The fourth-order valence-electron chi connectivity index (χ4n) is 0.716. The smallest absolute Gasteiger partial charge is 0.171 e. The van der Waals surface area contributed by atoms with Crippen LogP contribution in [0.3, 0.4) is 0 Å². The average Bonchev–Trinajstić information content (AvgIpc) is 1.96. The number of halogens is 1. The summed E-state index contributed by atoms with van der Waals surface area (Å²) in [4.78, 5) is 0.782. The summed E-state index contributed by atoms with van der Waals surface area (Å²) in [6.07, 6.45) is 0. The Bertz CT molecular complexity index is 275. The summed E-state index contributed by atoms with van der Waals surface area (Å²) in [6, 6.07) is 3.43. The number of phenols is 1. The van der Waals surface area contributed by atoms with Crippen molar-refractivity contribution >= 4 is 35.2 Å². The Kier molecular flexibility index (Phi) is 2.89. The Morgan fingerprint density at radius 2 is 2.18 bits per heavy atom. The van der Waals surface area contributed by atoms with Gasteiger partial charge in [-0.15, -0.1) is 12.6 Å². The molecule has 0 saturated heterocycles. The summed E-state index contributed by atoms with van der Waals surface area (Å²) in [6.45, 7) is 0. The number of hydrogen-bond acceptors (Lipinski definition) is 3. The molecule has 0 aliphatic carbocycles. The molecule has 0 radical (unpaired) electrons. The maximum absolute atomic E-state index is 9.36. The van der Waals surface area contributed by atoms with Gasteiger partial charge in [0.2, 0.25) is 0 Å². The lowest BCUT2D eigenvalue weighted by molar-refractivity contribution is 0.370.